The quantitative estimate of drug-likeness (QED) is 0.654. The van der Waals surface area contributed by atoms with E-state index in [0.29, 0.717) is 16.9 Å². The Labute approximate surface area is 168 Å². The summed E-state index contributed by atoms with van der Waals surface area (Å²) in [4.78, 5) is 48.4. The number of aryl methyl sites for hydroxylation is 2. The van der Waals surface area contributed by atoms with Gasteiger partial charge in [0, 0.05) is 29.9 Å². The van der Waals surface area contributed by atoms with E-state index in [2.05, 4.69) is 16.0 Å². The summed E-state index contributed by atoms with van der Waals surface area (Å²) < 4.78 is 0. The first-order valence-electron chi connectivity index (χ1n) is 9.19. The van der Waals surface area contributed by atoms with E-state index in [1.807, 2.05) is 32.0 Å². The van der Waals surface area contributed by atoms with E-state index in [-0.39, 0.29) is 37.2 Å². The number of imide groups is 1. The zero-order chi connectivity index (χ0) is 21.0. The Morgan fingerprint density at radius 2 is 1.55 bits per heavy atom. The molecule has 2 aromatic rings. The molecule has 1 aliphatic rings. The molecule has 0 spiro atoms. The molecule has 2 aromatic carbocycles. The van der Waals surface area contributed by atoms with Gasteiger partial charge in [0.25, 0.3) is 5.91 Å². The lowest BCUT2D eigenvalue weighted by Gasteiger charge is -2.12. The molecule has 0 saturated carbocycles. The van der Waals surface area contributed by atoms with Gasteiger partial charge in [0.1, 0.15) is 0 Å². The van der Waals surface area contributed by atoms with E-state index >= 15 is 0 Å². The van der Waals surface area contributed by atoms with Crippen molar-refractivity contribution >= 4 is 35.1 Å². The Kier molecular flexibility index (Phi) is 5.92. The lowest BCUT2D eigenvalue weighted by atomic mass is 10.1. The number of carbonyl (C=O) groups is 4. The molecule has 0 atom stereocenters. The summed E-state index contributed by atoms with van der Waals surface area (Å²) in [5.41, 5.74) is 3.77. The Balaban J connectivity index is 1.53. The van der Waals surface area contributed by atoms with E-state index in [1.165, 1.54) is 0 Å². The second-order valence-electron chi connectivity index (χ2n) is 6.91. The van der Waals surface area contributed by atoms with Crippen LogP contribution in [0.3, 0.4) is 0 Å². The van der Waals surface area contributed by atoms with Crippen molar-refractivity contribution in [2.75, 3.05) is 23.7 Å². The molecule has 8 nitrogen and oxygen atoms in total. The molecule has 1 aliphatic heterocycles. The topological polar surface area (TPSA) is 108 Å². The van der Waals surface area contributed by atoms with Crippen LogP contribution in [0.2, 0.25) is 0 Å². The lowest BCUT2D eigenvalue weighted by molar-refractivity contribution is -0.125. The summed E-state index contributed by atoms with van der Waals surface area (Å²) in [6, 6.07) is 11.9. The average Bonchev–Trinajstić information content (AvgIpc) is 2.98. The minimum atomic E-state index is -0.480. The predicted octanol–water partition coefficient (Wildman–Crippen LogP) is 2.44. The molecule has 0 radical (unpaired) electrons. The number of benzene rings is 2. The molecule has 8 heteroatoms. The highest BCUT2D eigenvalue weighted by molar-refractivity contribution is 6.05. The number of nitrogens with one attached hydrogen (secondary N) is 3. The molecule has 150 valence electrons. The van der Waals surface area contributed by atoms with Gasteiger partial charge in [0.2, 0.25) is 11.8 Å². The second kappa shape index (κ2) is 8.55. The number of nitrogens with zero attached hydrogens (tertiary/aromatic N) is 1. The minimum Gasteiger partial charge on any atom is -0.329 e. The number of hydrogen-bond acceptors (Lipinski definition) is 4. The van der Waals surface area contributed by atoms with Crippen molar-refractivity contribution in [1.82, 2.24) is 10.2 Å². The molecule has 0 aliphatic carbocycles. The molecule has 1 heterocycles. The SMILES string of the molecule is Cc1cc(C)cc(C(=O)Nc2ccc(NC(=O)CCN3C(=O)CNC3=O)cc2)c1. The Morgan fingerprint density at radius 3 is 2.10 bits per heavy atom. The maximum atomic E-state index is 12.4. The van der Waals surface area contributed by atoms with E-state index in [9.17, 15) is 19.2 Å². The van der Waals surface area contributed by atoms with Crippen molar-refractivity contribution in [1.29, 1.82) is 0 Å². The first-order valence-corrected chi connectivity index (χ1v) is 9.19. The third kappa shape index (κ3) is 5.19. The van der Waals surface area contributed by atoms with Gasteiger partial charge in [-0.1, -0.05) is 17.2 Å². The van der Waals surface area contributed by atoms with Crippen LogP contribution in [0.1, 0.15) is 27.9 Å². The number of rotatable bonds is 6. The highest BCUT2D eigenvalue weighted by atomic mass is 16.2. The fourth-order valence-corrected chi connectivity index (χ4v) is 3.06. The second-order valence-corrected chi connectivity index (χ2v) is 6.91. The zero-order valence-corrected chi connectivity index (χ0v) is 16.2. The highest BCUT2D eigenvalue weighted by Crippen LogP contribution is 2.16. The Morgan fingerprint density at radius 1 is 0.966 bits per heavy atom. The molecule has 29 heavy (non-hydrogen) atoms. The van der Waals surface area contributed by atoms with Gasteiger partial charge in [-0.25, -0.2) is 4.79 Å². The fourth-order valence-electron chi connectivity index (χ4n) is 3.06. The lowest BCUT2D eigenvalue weighted by Crippen LogP contribution is -2.33. The standard InChI is InChI=1S/C21H22N4O4/c1-13-9-14(2)11-15(10-13)20(28)24-17-5-3-16(4-6-17)23-18(26)7-8-25-19(27)12-22-21(25)29/h3-6,9-11H,7-8,12H2,1-2H3,(H,22,29)(H,23,26)(H,24,28). The maximum absolute atomic E-state index is 12.4. The van der Waals surface area contributed by atoms with Gasteiger partial charge >= 0.3 is 6.03 Å². The van der Waals surface area contributed by atoms with Gasteiger partial charge in [0.05, 0.1) is 6.54 Å². The van der Waals surface area contributed by atoms with E-state index in [0.717, 1.165) is 16.0 Å². The van der Waals surface area contributed by atoms with Crippen molar-refractivity contribution in [2.45, 2.75) is 20.3 Å². The monoisotopic (exact) mass is 394 g/mol. The summed E-state index contributed by atoms with van der Waals surface area (Å²) in [5, 5.41) is 7.93. The molecule has 0 unspecified atom stereocenters. The van der Waals surface area contributed by atoms with Gasteiger partial charge < -0.3 is 16.0 Å². The van der Waals surface area contributed by atoms with Gasteiger partial charge in [-0.15, -0.1) is 0 Å². The predicted molar refractivity (Wildman–Crippen MR) is 109 cm³/mol. The first kappa shape index (κ1) is 20.1. The summed E-state index contributed by atoms with van der Waals surface area (Å²) in [6.07, 6.45) is 0.00432. The first-order chi connectivity index (χ1) is 13.8. The molecule has 1 saturated heterocycles. The Bertz CT molecular complexity index is 933. The summed E-state index contributed by atoms with van der Waals surface area (Å²) >= 11 is 0. The Hall–Kier alpha value is -3.68. The summed E-state index contributed by atoms with van der Waals surface area (Å²) in [6.45, 7) is 3.87. The van der Waals surface area contributed by atoms with Crippen molar-refractivity contribution in [2.24, 2.45) is 0 Å². The van der Waals surface area contributed by atoms with Crippen LogP contribution in [-0.4, -0.2) is 41.7 Å². The third-order valence-corrected chi connectivity index (χ3v) is 4.41. The van der Waals surface area contributed by atoms with Crippen LogP contribution in [0, 0.1) is 13.8 Å². The van der Waals surface area contributed by atoms with Crippen LogP contribution in [-0.2, 0) is 9.59 Å². The largest absolute Gasteiger partial charge is 0.329 e. The molecule has 0 aromatic heterocycles. The molecule has 3 rings (SSSR count). The van der Waals surface area contributed by atoms with Crippen LogP contribution in [0.4, 0.5) is 16.2 Å². The molecule has 5 amide bonds. The van der Waals surface area contributed by atoms with Crippen molar-refractivity contribution in [3.8, 4) is 0 Å². The molecule has 0 bridgehead atoms. The van der Waals surface area contributed by atoms with Crippen molar-refractivity contribution in [3.05, 3.63) is 59.2 Å². The highest BCUT2D eigenvalue weighted by Gasteiger charge is 2.28. The number of amides is 5. The molecule has 1 fully saturated rings. The van der Waals surface area contributed by atoms with Gasteiger partial charge in [-0.3, -0.25) is 19.3 Å². The van der Waals surface area contributed by atoms with Gasteiger partial charge in [-0.05, 0) is 50.2 Å². The molecular weight excluding hydrogens is 372 g/mol. The van der Waals surface area contributed by atoms with Crippen LogP contribution in [0.5, 0.6) is 0 Å². The third-order valence-electron chi connectivity index (χ3n) is 4.41. The smallest absolute Gasteiger partial charge is 0.324 e. The summed E-state index contributed by atoms with van der Waals surface area (Å²) in [5.74, 6) is -0.863. The molecular formula is C21H22N4O4. The zero-order valence-electron chi connectivity index (χ0n) is 16.2. The van der Waals surface area contributed by atoms with Crippen molar-refractivity contribution < 1.29 is 19.2 Å². The number of anilines is 2. The number of hydrogen-bond donors (Lipinski definition) is 3. The van der Waals surface area contributed by atoms with Gasteiger partial charge in [0.15, 0.2) is 0 Å². The minimum absolute atomic E-state index is 0.00432. The number of carbonyl (C=O) groups excluding carboxylic acids is 4. The summed E-state index contributed by atoms with van der Waals surface area (Å²) in [7, 11) is 0. The van der Waals surface area contributed by atoms with Crippen LogP contribution in [0.25, 0.3) is 0 Å². The van der Waals surface area contributed by atoms with E-state index in [1.54, 1.807) is 24.3 Å². The van der Waals surface area contributed by atoms with Crippen LogP contribution < -0.4 is 16.0 Å². The van der Waals surface area contributed by atoms with Crippen LogP contribution >= 0.6 is 0 Å². The number of urea groups is 1. The van der Waals surface area contributed by atoms with Crippen LogP contribution in [0.15, 0.2) is 42.5 Å². The molecule has 3 N–H and O–H groups in total. The van der Waals surface area contributed by atoms with Crippen molar-refractivity contribution in [3.63, 3.8) is 0 Å². The van der Waals surface area contributed by atoms with E-state index < -0.39 is 6.03 Å². The van der Waals surface area contributed by atoms with E-state index in [4.69, 9.17) is 0 Å². The normalized spacial score (nSPS) is 13.2. The maximum Gasteiger partial charge on any atom is 0.324 e. The van der Waals surface area contributed by atoms with Gasteiger partial charge in [-0.2, -0.15) is 0 Å². The average molecular weight is 394 g/mol. The fraction of sp³-hybridized carbons (Fsp3) is 0.238.